The molecule has 3 aliphatic heterocycles. The van der Waals surface area contributed by atoms with Crippen molar-refractivity contribution in [2.24, 2.45) is 21.6 Å². The molecule has 4 rings (SSSR count). The van der Waals surface area contributed by atoms with E-state index in [1.54, 1.807) is 17.1 Å². The van der Waals surface area contributed by atoms with Crippen LogP contribution in [-0.4, -0.2) is 70.9 Å². The van der Waals surface area contributed by atoms with E-state index in [1.807, 2.05) is 24.1 Å². The molecule has 10 heteroatoms. The average Bonchev–Trinajstić information content (AvgIpc) is 3.44. The number of hydrazone groups is 1. The summed E-state index contributed by atoms with van der Waals surface area (Å²) in [5.41, 5.74) is 12.5. The van der Waals surface area contributed by atoms with E-state index >= 15 is 0 Å². The zero-order chi connectivity index (χ0) is 22.8. The molecule has 2 saturated heterocycles. The lowest BCUT2D eigenvalue weighted by Gasteiger charge is -2.35. The fourth-order valence-corrected chi connectivity index (χ4v) is 5.18. The summed E-state index contributed by atoms with van der Waals surface area (Å²) in [4.78, 5) is 34.5. The third-order valence-electron chi connectivity index (χ3n) is 6.01. The van der Waals surface area contributed by atoms with Crippen molar-refractivity contribution in [3.63, 3.8) is 0 Å². The Balaban J connectivity index is 1.62. The molecule has 0 aromatic carbocycles. The van der Waals surface area contributed by atoms with E-state index < -0.39 is 5.91 Å². The number of hydrogen-bond acceptors (Lipinski definition) is 8. The van der Waals surface area contributed by atoms with Crippen molar-refractivity contribution in [2.45, 2.75) is 44.7 Å². The van der Waals surface area contributed by atoms with Gasteiger partial charge in [0.2, 0.25) is 0 Å². The van der Waals surface area contributed by atoms with Crippen molar-refractivity contribution in [1.29, 1.82) is 0 Å². The number of aliphatic imine (C=N–C) groups is 1. The van der Waals surface area contributed by atoms with Gasteiger partial charge in [-0.25, -0.2) is 10.0 Å². The van der Waals surface area contributed by atoms with Crippen molar-refractivity contribution in [2.75, 3.05) is 19.6 Å². The van der Waals surface area contributed by atoms with Crippen molar-refractivity contribution in [3.05, 3.63) is 45.6 Å². The number of primary amides is 1. The quantitative estimate of drug-likeness (QED) is 0.672. The number of amides is 2. The minimum Gasteiger partial charge on any atom is -0.365 e. The fourth-order valence-electron chi connectivity index (χ4n) is 4.36. The van der Waals surface area contributed by atoms with E-state index in [1.165, 1.54) is 0 Å². The summed E-state index contributed by atoms with van der Waals surface area (Å²) >= 11 is 1.13. The van der Waals surface area contributed by atoms with Gasteiger partial charge in [0.1, 0.15) is 5.84 Å². The summed E-state index contributed by atoms with van der Waals surface area (Å²) in [5.74, 6) is 0.920. The molecule has 2 atom stereocenters. The first-order chi connectivity index (χ1) is 15.4. The van der Waals surface area contributed by atoms with Gasteiger partial charge in [0.25, 0.3) is 11.8 Å². The number of amidine groups is 1. The van der Waals surface area contributed by atoms with Crippen LogP contribution in [0.1, 0.15) is 52.0 Å². The molecule has 3 aliphatic rings. The maximum atomic E-state index is 13.2. The highest BCUT2D eigenvalue weighted by Crippen LogP contribution is 2.28. The zero-order valence-electron chi connectivity index (χ0n) is 18.2. The lowest BCUT2D eigenvalue weighted by Crippen LogP contribution is -2.43. The van der Waals surface area contributed by atoms with E-state index in [0.29, 0.717) is 22.1 Å². The fraction of sp³-hybridized carbons (Fsp3) is 0.455. The summed E-state index contributed by atoms with van der Waals surface area (Å²) < 4.78 is 0. The molecule has 4 heterocycles. The molecule has 2 fully saturated rings. The van der Waals surface area contributed by atoms with Gasteiger partial charge in [0, 0.05) is 44.2 Å². The third kappa shape index (κ3) is 4.46. The van der Waals surface area contributed by atoms with E-state index in [-0.39, 0.29) is 18.0 Å². The molecular formula is C22H29N7O2S. The Labute approximate surface area is 191 Å². The van der Waals surface area contributed by atoms with Gasteiger partial charge in [-0.1, -0.05) is 0 Å². The van der Waals surface area contributed by atoms with Crippen molar-refractivity contribution >= 4 is 35.7 Å². The molecule has 4 N–H and O–H groups in total. The summed E-state index contributed by atoms with van der Waals surface area (Å²) in [6.07, 6.45) is 7.63. The van der Waals surface area contributed by atoms with Crippen LogP contribution in [0.15, 0.2) is 45.9 Å². The minimum atomic E-state index is -0.521. The first-order valence-corrected chi connectivity index (χ1v) is 11.7. The molecule has 1 aromatic heterocycles. The van der Waals surface area contributed by atoms with Crippen molar-refractivity contribution in [1.82, 2.24) is 14.8 Å². The Bertz CT molecular complexity index is 1010. The highest BCUT2D eigenvalue weighted by molar-refractivity contribution is 7.15. The summed E-state index contributed by atoms with van der Waals surface area (Å²) in [7, 11) is 0. The highest BCUT2D eigenvalue weighted by atomic mass is 32.1. The Kier molecular flexibility index (Phi) is 6.43. The van der Waals surface area contributed by atoms with E-state index in [2.05, 4.69) is 16.7 Å². The van der Waals surface area contributed by atoms with Crippen molar-refractivity contribution in [3.8, 4) is 0 Å². The first kappa shape index (κ1) is 22.2. The van der Waals surface area contributed by atoms with Gasteiger partial charge in [-0.05, 0) is 50.8 Å². The normalized spacial score (nSPS) is 25.1. The smallest absolute Gasteiger partial charge is 0.264 e. The maximum absolute atomic E-state index is 13.2. The molecule has 170 valence electrons. The van der Waals surface area contributed by atoms with Crippen LogP contribution in [0.25, 0.3) is 0 Å². The van der Waals surface area contributed by atoms with E-state index in [0.717, 1.165) is 61.5 Å². The molecule has 1 aromatic rings. The van der Waals surface area contributed by atoms with Crippen LogP contribution in [0.2, 0.25) is 0 Å². The summed E-state index contributed by atoms with van der Waals surface area (Å²) in [6.45, 7) is 7.97. The number of piperidine rings is 1. The lowest BCUT2D eigenvalue weighted by molar-refractivity contribution is 0.0667. The average molecular weight is 456 g/mol. The SMILES string of the molecule is C=NN1C=C(C)C(N2CC[C@H](N)C2)=N/C1=C/C1CCCCN1C(=O)c1ccc(C(N)=O)s1. The molecule has 0 saturated carbocycles. The molecule has 0 spiro atoms. The predicted molar refractivity (Wildman–Crippen MR) is 126 cm³/mol. The Morgan fingerprint density at radius 1 is 1.25 bits per heavy atom. The van der Waals surface area contributed by atoms with Crippen LogP contribution in [0.3, 0.4) is 0 Å². The first-order valence-electron chi connectivity index (χ1n) is 10.8. The van der Waals surface area contributed by atoms with Crippen LogP contribution in [-0.2, 0) is 0 Å². The van der Waals surface area contributed by atoms with Crippen molar-refractivity contribution < 1.29 is 9.59 Å². The van der Waals surface area contributed by atoms with Crippen LogP contribution < -0.4 is 11.5 Å². The van der Waals surface area contributed by atoms with Crippen LogP contribution in [0.5, 0.6) is 0 Å². The van der Waals surface area contributed by atoms with E-state index in [4.69, 9.17) is 16.5 Å². The summed E-state index contributed by atoms with van der Waals surface area (Å²) in [6, 6.07) is 3.29. The van der Waals surface area contributed by atoms with E-state index in [9.17, 15) is 9.59 Å². The Hall–Kier alpha value is -2.98. The molecular weight excluding hydrogens is 426 g/mol. The second kappa shape index (κ2) is 9.25. The Morgan fingerprint density at radius 3 is 2.69 bits per heavy atom. The molecule has 0 radical (unpaired) electrons. The highest BCUT2D eigenvalue weighted by Gasteiger charge is 2.30. The van der Waals surface area contributed by atoms with Crippen LogP contribution in [0, 0.1) is 0 Å². The number of nitrogens with two attached hydrogens (primary N) is 2. The molecule has 32 heavy (non-hydrogen) atoms. The van der Waals surface area contributed by atoms with Gasteiger partial charge in [-0.15, -0.1) is 11.3 Å². The maximum Gasteiger partial charge on any atom is 0.264 e. The summed E-state index contributed by atoms with van der Waals surface area (Å²) in [5, 5.41) is 5.76. The van der Waals surface area contributed by atoms with Crippen LogP contribution >= 0.6 is 11.3 Å². The minimum absolute atomic E-state index is 0.0978. The molecule has 1 unspecified atom stereocenters. The number of rotatable bonds is 4. The van der Waals surface area contributed by atoms with Gasteiger partial charge >= 0.3 is 0 Å². The van der Waals surface area contributed by atoms with Gasteiger partial charge in [0.05, 0.1) is 15.8 Å². The number of likely N-dealkylation sites (tertiary alicyclic amines) is 2. The van der Waals surface area contributed by atoms with Gasteiger partial charge in [0.15, 0.2) is 5.82 Å². The number of thiophene rings is 1. The molecule has 9 nitrogen and oxygen atoms in total. The largest absolute Gasteiger partial charge is 0.365 e. The topological polar surface area (TPSA) is 121 Å². The third-order valence-corrected chi connectivity index (χ3v) is 7.10. The van der Waals surface area contributed by atoms with Gasteiger partial charge in [-0.2, -0.15) is 5.10 Å². The number of nitrogens with zero attached hydrogens (tertiary/aromatic N) is 5. The Morgan fingerprint density at radius 2 is 2.03 bits per heavy atom. The predicted octanol–water partition coefficient (Wildman–Crippen LogP) is 1.95. The number of hydrogen-bond donors (Lipinski definition) is 2. The molecule has 0 aliphatic carbocycles. The monoisotopic (exact) mass is 455 g/mol. The standard InChI is InChI=1S/C22H29N7O2S/c1-14-12-29(25-2)19(26-21(14)27-10-8-15(23)13-27)11-16-5-3-4-9-28(16)22(31)18-7-6-17(32-18)20(24)30/h6-7,11-12,15-16H,2-5,8-10,13,23H2,1H3,(H2,24,30)/b19-11-/t15-,16?/m0/s1. The second-order valence-electron chi connectivity index (χ2n) is 8.34. The van der Waals surface area contributed by atoms with Gasteiger partial charge in [-0.3, -0.25) is 9.59 Å². The second-order valence-corrected chi connectivity index (χ2v) is 9.43. The number of carbonyl (C=O) groups is 2. The zero-order valence-corrected chi connectivity index (χ0v) is 19.1. The molecule has 0 bridgehead atoms. The van der Waals surface area contributed by atoms with Crippen LogP contribution in [0.4, 0.5) is 0 Å². The lowest BCUT2D eigenvalue weighted by atomic mass is 10.0. The molecule has 2 amide bonds. The number of carbonyl (C=O) groups excluding carboxylic acids is 2. The van der Waals surface area contributed by atoms with Gasteiger partial charge < -0.3 is 21.3 Å².